The lowest BCUT2D eigenvalue weighted by atomic mass is 10.1. The summed E-state index contributed by atoms with van der Waals surface area (Å²) in [5, 5.41) is 15.3. The van der Waals surface area contributed by atoms with Crippen molar-refractivity contribution in [3.63, 3.8) is 0 Å². The first kappa shape index (κ1) is 29.8. The predicted molar refractivity (Wildman–Crippen MR) is 162 cm³/mol. The van der Waals surface area contributed by atoms with Gasteiger partial charge in [0.2, 0.25) is 6.10 Å². The van der Waals surface area contributed by atoms with E-state index in [9.17, 15) is 9.59 Å². The molecule has 1 saturated heterocycles. The lowest BCUT2D eigenvalue weighted by Gasteiger charge is -2.26. The molecule has 12 heteroatoms. The molecule has 222 valence electrons. The molecule has 0 saturated carbocycles. The average Bonchev–Trinajstić information content (AvgIpc) is 3.44. The van der Waals surface area contributed by atoms with Crippen LogP contribution in [-0.2, 0) is 9.53 Å². The van der Waals surface area contributed by atoms with Crippen molar-refractivity contribution in [2.75, 3.05) is 58.9 Å². The van der Waals surface area contributed by atoms with Crippen molar-refractivity contribution < 1.29 is 28.5 Å². The van der Waals surface area contributed by atoms with E-state index in [0.717, 1.165) is 24.3 Å². The van der Waals surface area contributed by atoms with Crippen LogP contribution in [-0.4, -0.2) is 75.3 Å². The summed E-state index contributed by atoms with van der Waals surface area (Å²) in [6, 6.07) is 18.8. The van der Waals surface area contributed by atoms with Gasteiger partial charge in [0.05, 0.1) is 49.3 Å². The first-order chi connectivity index (χ1) is 21.0. The van der Waals surface area contributed by atoms with Gasteiger partial charge in [-0.1, -0.05) is 23.5 Å². The van der Waals surface area contributed by atoms with E-state index in [-0.39, 0.29) is 5.91 Å². The molecule has 0 radical (unpaired) electrons. The van der Waals surface area contributed by atoms with Crippen molar-refractivity contribution in [1.29, 1.82) is 5.26 Å². The second kappa shape index (κ2) is 14.0. The summed E-state index contributed by atoms with van der Waals surface area (Å²) in [5.74, 6) is 0.844. The molecule has 43 heavy (non-hydrogen) atoms. The third-order valence-electron chi connectivity index (χ3n) is 6.89. The van der Waals surface area contributed by atoms with Gasteiger partial charge >= 0.3 is 0 Å². The fourth-order valence-electron chi connectivity index (χ4n) is 4.56. The zero-order chi connectivity index (χ0) is 30.2. The van der Waals surface area contributed by atoms with E-state index in [4.69, 9.17) is 24.2 Å². The smallest absolute Gasteiger partial charge is 0.271 e. The first-order valence-corrected chi connectivity index (χ1v) is 14.5. The molecule has 1 unspecified atom stereocenters. The number of nitrogens with one attached hydrogen (secondary N) is 2. The van der Waals surface area contributed by atoms with E-state index in [2.05, 4.69) is 26.6 Å². The topological polar surface area (TPSA) is 135 Å². The summed E-state index contributed by atoms with van der Waals surface area (Å²) in [6.45, 7) is 4.39. The number of carbonyl (C=O) groups excluding carboxylic acids is 2. The molecule has 11 nitrogen and oxygen atoms in total. The summed E-state index contributed by atoms with van der Waals surface area (Å²) in [5.41, 5.74) is 2.12. The Morgan fingerprint density at radius 1 is 1.05 bits per heavy atom. The number of aromatic nitrogens is 1. The summed E-state index contributed by atoms with van der Waals surface area (Å²) in [7, 11) is 3.10. The number of anilines is 1. The average molecular weight is 602 g/mol. The van der Waals surface area contributed by atoms with Crippen molar-refractivity contribution in [2.24, 2.45) is 0 Å². The number of ether oxygens (including phenoxy) is 4. The fourth-order valence-corrected chi connectivity index (χ4v) is 5.44. The molecule has 1 aliphatic rings. The number of hydrogen-bond acceptors (Lipinski definition) is 10. The van der Waals surface area contributed by atoms with Crippen LogP contribution < -0.4 is 24.8 Å². The lowest BCUT2D eigenvalue weighted by molar-refractivity contribution is -0.123. The molecule has 0 aliphatic carbocycles. The maximum Gasteiger partial charge on any atom is 0.271 e. The second-order valence-electron chi connectivity index (χ2n) is 9.65. The maximum absolute atomic E-state index is 13.6. The van der Waals surface area contributed by atoms with Crippen molar-refractivity contribution >= 4 is 38.5 Å². The van der Waals surface area contributed by atoms with E-state index in [0.29, 0.717) is 64.3 Å². The zero-order valence-corrected chi connectivity index (χ0v) is 24.6. The van der Waals surface area contributed by atoms with Crippen LogP contribution in [0.3, 0.4) is 0 Å². The van der Waals surface area contributed by atoms with Gasteiger partial charge in [0, 0.05) is 49.4 Å². The molecule has 2 N–H and O–H groups in total. The Morgan fingerprint density at radius 2 is 1.74 bits per heavy atom. The van der Waals surface area contributed by atoms with E-state index in [1.54, 1.807) is 74.9 Å². The number of benzene rings is 3. The largest absolute Gasteiger partial charge is 0.493 e. The summed E-state index contributed by atoms with van der Waals surface area (Å²) in [6.07, 6.45) is -1.07. The number of hydrogen-bond donors (Lipinski definition) is 2. The fraction of sp³-hybridized carbons (Fsp3) is 0.290. The van der Waals surface area contributed by atoms with Gasteiger partial charge in [0.15, 0.2) is 16.6 Å². The van der Waals surface area contributed by atoms with Crippen molar-refractivity contribution in [3.05, 3.63) is 77.4 Å². The van der Waals surface area contributed by atoms with Crippen LogP contribution in [0.1, 0.15) is 27.6 Å². The maximum atomic E-state index is 13.6. The Morgan fingerprint density at radius 3 is 2.42 bits per heavy atom. The number of rotatable bonds is 11. The van der Waals surface area contributed by atoms with Crippen molar-refractivity contribution in [3.8, 4) is 23.3 Å². The molecule has 3 aromatic carbocycles. The van der Waals surface area contributed by atoms with Crippen LogP contribution in [0.15, 0.2) is 60.7 Å². The van der Waals surface area contributed by atoms with Crippen molar-refractivity contribution in [1.82, 2.24) is 15.2 Å². The normalized spacial score (nSPS) is 14.0. The van der Waals surface area contributed by atoms with Gasteiger partial charge in [0.1, 0.15) is 5.75 Å². The summed E-state index contributed by atoms with van der Waals surface area (Å²) < 4.78 is 23.0. The quantitative estimate of drug-likeness (QED) is 0.261. The highest BCUT2D eigenvalue weighted by molar-refractivity contribution is 7.22. The molecule has 2 heterocycles. The number of nitriles is 1. The standard InChI is InChI=1S/C31H31N5O6S/c1-39-25-17-24-27(18-26(25)40-2)43-31(34-24)35-30(38)28(42-23-9-3-20(19-32)4-10-23)21-5-7-22(8-6-21)29(37)33-11-12-36-13-15-41-16-14-36/h3-10,17-18,28H,11-16H2,1-2H3,(H,33,37)(H,34,35,38). The number of fused-ring (bicyclic) bond motifs is 1. The SMILES string of the molecule is COc1cc2nc(NC(=O)C(Oc3ccc(C#N)cc3)c3ccc(C(=O)NCCN4CCOCC4)cc3)sc2cc1OC. The highest BCUT2D eigenvalue weighted by atomic mass is 32.1. The molecule has 5 rings (SSSR count). The van der Waals surface area contributed by atoms with Gasteiger partial charge in [-0.2, -0.15) is 5.26 Å². The van der Waals surface area contributed by atoms with Crippen molar-refractivity contribution in [2.45, 2.75) is 6.10 Å². The zero-order valence-electron chi connectivity index (χ0n) is 23.8. The molecular formula is C31H31N5O6S. The monoisotopic (exact) mass is 601 g/mol. The van der Waals surface area contributed by atoms with E-state index in [1.165, 1.54) is 11.3 Å². The Labute approximate surface area is 252 Å². The predicted octanol–water partition coefficient (Wildman–Crippen LogP) is 4.01. The Kier molecular flexibility index (Phi) is 9.68. The van der Waals surface area contributed by atoms with Gasteiger partial charge in [0.25, 0.3) is 11.8 Å². The van der Waals surface area contributed by atoms with Gasteiger partial charge in [-0.25, -0.2) is 4.98 Å². The van der Waals surface area contributed by atoms with Gasteiger partial charge < -0.3 is 24.3 Å². The minimum atomic E-state index is -1.07. The molecule has 1 aromatic heterocycles. The van der Waals surface area contributed by atoms with E-state index in [1.807, 2.05) is 0 Å². The molecule has 4 aromatic rings. The third kappa shape index (κ3) is 7.39. The number of amides is 2. The Hall–Kier alpha value is -4.70. The number of nitrogens with zero attached hydrogens (tertiary/aromatic N) is 3. The molecular weight excluding hydrogens is 570 g/mol. The minimum absolute atomic E-state index is 0.200. The van der Waals surface area contributed by atoms with Crippen LogP contribution >= 0.6 is 11.3 Å². The van der Waals surface area contributed by atoms with Crippen LogP contribution in [0, 0.1) is 11.3 Å². The third-order valence-corrected chi connectivity index (χ3v) is 7.83. The Balaban J connectivity index is 1.32. The number of thiazole rings is 1. The summed E-state index contributed by atoms with van der Waals surface area (Å²) >= 11 is 1.29. The van der Waals surface area contributed by atoms with E-state index >= 15 is 0 Å². The molecule has 0 spiro atoms. The first-order valence-electron chi connectivity index (χ1n) is 13.7. The molecule has 0 bridgehead atoms. The number of morpholine rings is 1. The highest BCUT2D eigenvalue weighted by Gasteiger charge is 2.25. The van der Waals surface area contributed by atoms with E-state index < -0.39 is 12.0 Å². The molecule has 1 aliphatic heterocycles. The molecule has 1 fully saturated rings. The highest BCUT2D eigenvalue weighted by Crippen LogP contribution is 2.36. The Bertz CT molecular complexity index is 1570. The van der Waals surface area contributed by atoms with Crippen LogP contribution in [0.25, 0.3) is 10.2 Å². The minimum Gasteiger partial charge on any atom is -0.493 e. The number of carbonyl (C=O) groups is 2. The van der Waals surface area contributed by atoms with Crippen LogP contribution in [0.5, 0.6) is 17.2 Å². The lowest BCUT2D eigenvalue weighted by Crippen LogP contribution is -2.41. The molecule has 2 amide bonds. The number of methoxy groups -OCH3 is 2. The second-order valence-corrected chi connectivity index (χ2v) is 10.7. The van der Waals surface area contributed by atoms with Gasteiger partial charge in [-0.3, -0.25) is 19.8 Å². The molecule has 1 atom stereocenters. The van der Waals surface area contributed by atoms with Gasteiger partial charge in [-0.15, -0.1) is 0 Å². The summed E-state index contributed by atoms with van der Waals surface area (Å²) in [4.78, 5) is 33.1. The van der Waals surface area contributed by atoms with Gasteiger partial charge in [-0.05, 0) is 36.4 Å². The van der Waals surface area contributed by atoms with Crippen LogP contribution in [0.4, 0.5) is 5.13 Å². The van der Waals surface area contributed by atoms with Crippen LogP contribution in [0.2, 0.25) is 0 Å².